The van der Waals surface area contributed by atoms with E-state index in [-0.39, 0.29) is 17.3 Å². The summed E-state index contributed by atoms with van der Waals surface area (Å²) in [5.41, 5.74) is 1.80. The van der Waals surface area contributed by atoms with E-state index in [0.717, 1.165) is 16.3 Å². The zero-order valence-corrected chi connectivity index (χ0v) is 14.4. The number of cyclic esters (lactones) is 1. The van der Waals surface area contributed by atoms with E-state index in [9.17, 15) is 14.9 Å². The lowest BCUT2D eigenvalue weighted by atomic mass is 10.0. The number of hydrogen-bond donors (Lipinski definition) is 0. The van der Waals surface area contributed by atoms with E-state index in [2.05, 4.69) is 4.99 Å². The highest BCUT2D eigenvalue weighted by Crippen LogP contribution is 2.27. The number of aliphatic imine (C=N–C) groups is 1. The number of ether oxygens (including phenoxy) is 1. The molecule has 0 radical (unpaired) electrons. The normalized spacial score (nSPS) is 15.1. The summed E-state index contributed by atoms with van der Waals surface area (Å²) in [6.07, 6.45) is 1.67. The van der Waals surface area contributed by atoms with Gasteiger partial charge in [0.2, 0.25) is 5.90 Å². The molecule has 132 valence electrons. The van der Waals surface area contributed by atoms with Crippen molar-refractivity contribution in [1.29, 1.82) is 0 Å². The summed E-state index contributed by atoms with van der Waals surface area (Å²) in [4.78, 5) is 27.2. The first kappa shape index (κ1) is 16.7. The van der Waals surface area contributed by atoms with Gasteiger partial charge in [-0.05, 0) is 35.4 Å². The van der Waals surface area contributed by atoms with Crippen LogP contribution >= 0.6 is 0 Å². The minimum Gasteiger partial charge on any atom is -0.402 e. The highest BCUT2D eigenvalue weighted by Gasteiger charge is 2.27. The molecular formula is C21H14N2O4. The lowest BCUT2D eigenvalue weighted by Gasteiger charge is -2.04. The van der Waals surface area contributed by atoms with Crippen LogP contribution < -0.4 is 0 Å². The first-order chi connectivity index (χ1) is 13.0. The van der Waals surface area contributed by atoms with Crippen LogP contribution in [0.2, 0.25) is 0 Å². The molecule has 0 atom stereocenters. The Morgan fingerprint density at radius 3 is 2.59 bits per heavy atom. The molecule has 0 bridgehead atoms. The van der Waals surface area contributed by atoms with Crippen molar-refractivity contribution in [3.63, 3.8) is 0 Å². The van der Waals surface area contributed by atoms with Gasteiger partial charge in [0.05, 0.1) is 4.92 Å². The average molecular weight is 358 g/mol. The van der Waals surface area contributed by atoms with E-state index >= 15 is 0 Å². The zero-order valence-electron chi connectivity index (χ0n) is 14.4. The van der Waals surface area contributed by atoms with Crippen LogP contribution in [0, 0.1) is 17.0 Å². The van der Waals surface area contributed by atoms with Crippen LogP contribution in [0.4, 0.5) is 5.69 Å². The Kier molecular flexibility index (Phi) is 4.01. The monoisotopic (exact) mass is 358 g/mol. The Morgan fingerprint density at radius 2 is 1.78 bits per heavy atom. The van der Waals surface area contributed by atoms with Crippen LogP contribution in [-0.2, 0) is 9.53 Å². The van der Waals surface area contributed by atoms with Crippen LogP contribution in [0.3, 0.4) is 0 Å². The van der Waals surface area contributed by atoms with Gasteiger partial charge in [-0.3, -0.25) is 10.1 Å². The molecule has 0 fully saturated rings. The second-order valence-corrected chi connectivity index (χ2v) is 6.11. The molecule has 1 aliphatic rings. The topological polar surface area (TPSA) is 81.8 Å². The zero-order chi connectivity index (χ0) is 19.0. The van der Waals surface area contributed by atoms with Crippen LogP contribution in [0.15, 0.2) is 71.4 Å². The second-order valence-electron chi connectivity index (χ2n) is 6.11. The van der Waals surface area contributed by atoms with Crippen LogP contribution in [0.1, 0.15) is 16.7 Å². The molecule has 0 saturated heterocycles. The lowest BCUT2D eigenvalue weighted by molar-refractivity contribution is -0.385. The van der Waals surface area contributed by atoms with E-state index in [4.69, 9.17) is 4.74 Å². The molecule has 0 unspecified atom stereocenters. The van der Waals surface area contributed by atoms with Crippen LogP contribution in [0.5, 0.6) is 0 Å². The summed E-state index contributed by atoms with van der Waals surface area (Å²) in [5, 5.41) is 13.2. The lowest BCUT2D eigenvalue weighted by Crippen LogP contribution is -2.08. The van der Waals surface area contributed by atoms with Crippen molar-refractivity contribution in [2.75, 3.05) is 0 Å². The minimum atomic E-state index is -0.580. The quantitative estimate of drug-likeness (QED) is 0.301. The smallest absolute Gasteiger partial charge is 0.363 e. The number of benzene rings is 3. The number of fused-ring (bicyclic) bond motifs is 1. The minimum absolute atomic E-state index is 0.0438. The van der Waals surface area contributed by atoms with E-state index in [1.54, 1.807) is 25.1 Å². The maximum Gasteiger partial charge on any atom is 0.363 e. The van der Waals surface area contributed by atoms with Gasteiger partial charge in [0.15, 0.2) is 5.70 Å². The summed E-state index contributed by atoms with van der Waals surface area (Å²) in [5.74, 6) is -0.503. The van der Waals surface area contributed by atoms with Crippen molar-refractivity contribution in [3.05, 3.63) is 93.2 Å². The van der Waals surface area contributed by atoms with Gasteiger partial charge in [-0.25, -0.2) is 9.79 Å². The maximum atomic E-state index is 12.3. The highest BCUT2D eigenvalue weighted by molar-refractivity contribution is 6.14. The van der Waals surface area contributed by atoms with Gasteiger partial charge in [0.25, 0.3) is 5.69 Å². The Labute approximate surface area is 154 Å². The third-order valence-electron chi connectivity index (χ3n) is 4.47. The van der Waals surface area contributed by atoms with Gasteiger partial charge in [-0.15, -0.1) is 0 Å². The number of carbonyl (C=O) groups excluding carboxylic acids is 1. The Morgan fingerprint density at radius 1 is 1.04 bits per heavy atom. The Balaban J connectivity index is 1.79. The first-order valence-electron chi connectivity index (χ1n) is 8.29. The number of hydrogen-bond acceptors (Lipinski definition) is 5. The van der Waals surface area contributed by atoms with Crippen LogP contribution in [-0.4, -0.2) is 16.8 Å². The molecule has 0 saturated carbocycles. The fourth-order valence-corrected chi connectivity index (χ4v) is 3.10. The summed E-state index contributed by atoms with van der Waals surface area (Å²) >= 11 is 0. The molecule has 1 heterocycles. The first-order valence-corrected chi connectivity index (χ1v) is 8.29. The molecular weight excluding hydrogens is 344 g/mol. The predicted octanol–water partition coefficient (Wildman–Crippen LogP) is 4.40. The summed E-state index contributed by atoms with van der Waals surface area (Å²) in [7, 11) is 0. The van der Waals surface area contributed by atoms with Gasteiger partial charge >= 0.3 is 5.97 Å². The second kappa shape index (κ2) is 6.49. The summed E-state index contributed by atoms with van der Waals surface area (Å²) < 4.78 is 5.28. The van der Waals surface area contributed by atoms with Crippen molar-refractivity contribution in [2.45, 2.75) is 6.92 Å². The van der Waals surface area contributed by atoms with E-state index in [1.807, 2.05) is 42.5 Å². The van der Waals surface area contributed by atoms with E-state index < -0.39 is 10.9 Å². The SMILES string of the molecule is Cc1c(C2=NC(=Cc3cccc4ccccc34)C(=O)O2)cccc1[N+](=O)[O-]. The van der Waals surface area contributed by atoms with E-state index in [0.29, 0.717) is 11.1 Å². The number of nitro benzene ring substituents is 1. The number of esters is 1. The largest absolute Gasteiger partial charge is 0.402 e. The molecule has 6 nitrogen and oxygen atoms in total. The maximum absolute atomic E-state index is 12.3. The summed E-state index contributed by atoms with van der Waals surface area (Å²) in [6.45, 7) is 1.61. The molecule has 0 aromatic heterocycles. The molecule has 6 heteroatoms. The number of nitro groups is 1. The van der Waals surface area contributed by atoms with Gasteiger partial charge < -0.3 is 4.74 Å². The van der Waals surface area contributed by atoms with Crippen LogP contribution in [0.25, 0.3) is 16.8 Å². The Bertz CT molecular complexity index is 1160. The van der Waals surface area contributed by atoms with Crippen molar-refractivity contribution < 1.29 is 14.5 Å². The standard InChI is InChI=1S/C21H14N2O4/c1-13-16(10-5-11-19(13)23(25)26)20-22-18(21(24)27-20)12-15-8-4-7-14-6-2-3-9-17(14)15/h2-12H,1H3. The van der Waals surface area contributed by atoms with Gasteiger partial charge in [-0.1, -0.05) is 48.5 Å². The van der Waals surface area contributed by atoms with Gasteiger partial charge in [-0.2, -0.15) is 0 Å². The molecule has 3 aromatic carbocycles. The van der Waals surface area contributed by atoms with E-state index in [1.165, 1.54) is 6.07 Å². The third kappa shape index (κ3) is 2.97. The third-order valence-corrected chi connectivity index (χ3v) is 4.47. The molecule has 1 aliphatic heterocycles. The molecule has 0 N–H and O–H groups in total. The fraction of sp³-hybridized carbons (Fsp3) is 0.0476. The van der Waals surface area contributed by atoms with Gasteiger partial charge in [0, 0.05) is 17.2 Å². The Hall–Kier alpha value is -3.80. The predicted molar refractivity (Wildman–Crippen MR) is 102 cm³/mol. The fourth-order valence-electron chi connectivity index (χ4n) is 3.10. The highest BCUT2D eigenvalue weighted by atomic mass is 16.6. The molecule has 3 aromatic rings. The molecule has 0 amide bonds. The molecule has 0 spiro atoms. The number of nitrogens with zero attached hydrogens (tertiary/aromatic N) is 2. The van der Waals surface area contributed by atoms with Crippen molar-refractivity contribution >= 4 is 34.4 Å². The number of carbonyl (C=O) groups is 1. The summed E-state index contributed by atoms with van der Waals surface area (Å²) in [6, 6.07) is 18.2. The molecule has 4 rings (SSSR count). The molecule has 0 aliphatic carbocycles. The molecule has 27 heavy (non-hydrogen) atoms. The van der Waals surface area contributed by atoms with Crippen molar-refractivity contribution in [2.24, 2.45) is 4.99 Å². The van der Waals surface area contributed by atoms with Gasteiger partial charge in [0.1, 0.15) is 0 Å². The van der Waals surface area contributed by atoms with Crippen molar-refractivity contribution in [3.8, 4) is 0 Å². The number of rotatable bonds is 3. The van der Waals surface area contributed by atoms with Crippen molar-refractivity contribution in [1.82, 2.24) is 0 Å². The average Bonchev–Trinajstić information content (AvgIpc) is 3.02.